The molecule has 0 aliphatic carbocycles. The monoisotopic (exact) mass is 277 g/mol. The number of nitrogens with one attached hydrogen (secondary N) is 1. The van der Waals surface area contributed by atoms with E-state index in [1.807, 2.05) is 0 Å². The van der Waals surface area contributed by atoms with Gasteiger partial charge in [-0.1, -0.05) is 52.0 Å². The van der Waals surface area contributed by atoms with Gasteiger partial charge in [-0.25, -0.2) is 0 Å². The van der Waals surface area contributed by atoms with Crippen molar-refractivity contribution in [3.05, 3.63) is 35.4 Å². The predicted octanol–water partition coefficient (Wildman–Crippen LogP) is 4.67. The van der Waals surface area contributed by atoms with E-state index in [1.54, 1.807) is 0 Å². The van der Waals surface area contributed by atoms with Gasteiger partial charge in [-0.05, 0) is 43.4 Å². The van der Waals surface area contributed by atoms with Crippen LogP contribution in [0.25, 0.3) is 0 Å². The van der Waals surface area contributed by atoms with Crippen molar-refractivity contribution in [3.8, 4) is 0 Å². The van der Waals surface area contributed by atoms with Gasteiger partial charge in [0.2, 0.25) is 0 Å². The van der Waals surface area contributed by atoms with Crippen molar-refractivity contribution in [1.82, 2.24) is 5.32 Å². The van der Waals surface area contributed by atoms with Crippen LogP contribution in [0.3, 0.4) is 0 Å². The molecule has 0 aliphatic heterocycles. The van der Waals surface area contributed by atoms with E-state index in [-0.39, 0.29) is 6.10 Å². The average Bonchev–Trinajstić information content (AvgIpc) is 2.46. The molecule has 2 nitrogen and oxygen atoms in total. The van der Waals surface area contributed by atoms with Crippen LogP contribution in [0.1, 0.15) is 70.5 Å². The van der Waals surface area contributed by atoms with Gasteiger partial charge in [0.25, 0.3) is 0 Å². The summed E-state index contributed by atoms with van der Waals surface area (Å²) in [5, 5.41) is 3.65. The maximum atomic E-state index is 5.92. The predicted molar refractivity (Wildman–Crippen MR) is 87.3 cm³/mol. The highest BCUT2D eigenvalue weighted by Crippen LogP contribution is 2.24. The third-order valence-electron chi connectivity index (χ3n) is 3.73. The first-order chi connectivity index (χ1) is 9.63. The van der Waals surface area contributed by atoms with Crippen LogP contribution in [0.4, 0.5) is 0 Å². The summed E-state index contributed by atoms with van der Waals surface area (Å²) in [7, 11) is 0. The molecule has 20 heavy (non-hydrogen) atoms. The smallest absolute Gasteiger partial charge is 0.0766 e. The lowest BCUT2D eigenvalue weighted by Crippen LogP contribution is -2.34. The number of hydrogen-bond acceptors (Lipinski definition) is 2. The summed E-state index contributed by atoms with van der Waals surface area (Å²) in [4.78, 5) is 0. The maximum absolute atomic E-state index is 5.92. The first kappa shape index (κ1) is 17.2. The molecule has 0 heterocycles. The van der Waals surface area contributed by atoms with Crippen molar-refractivity contribution < 1.29 is 4.74 Å². The van der Waals surface area contributed by atoms with Crippen molar-refractivity contribution in [2.24, 2.45) is 0 Å². The topological polar surface area (TPSA) is 21.3 Å². The minimum atomic E-state index is 0.247. The highest BCUT2D eigenvalue weighted by Gasteiger charge is 2.21. The van der Waals surface area contributed by atoms with E-state index in [1.165, 1.54) is 11.1 Å². The van der Waals surface area contributed by atoms with E-state index in [4.69, 9.17) is 4.74 Å². The van der Waals surface area contributed by atoms with Crippen molar-refractivity contribution in [2.75, 3.05) is 13.2 Å². The molecule has 0 bridgehead atoms. The van der Waals surface area contributed by atoms with Crippen molar-refractivity contribution in [1.29, 1.82) is 0 Å². The van der Waals surface area contributed by atoms with Gasteiger partial charge in [-0.2, -0.15) is 0 Å². The lowest BCUT2D eigenvalue weighted by Gasteiger charge is -2.28. The van der Waals surface area contributed by atoms with Crippen molar-refractivity contribution >= 4 is 0 Å². The van der Waals surface area contributed by atoms with E-state index in [2.05, 4.69) is 64.2 Å². The molecular weight excluding hydrogens is 246 g/mol. The van der Waals surface area contributed by atoms with E-state index >= 15 is 0 Å². The van der Waals surface area contributed by atoms with E-state index < -0.39 is 0 Å². The Balaban J connectivity index is 2.90. The summed E-state index contributed by atoms with van der Waals surface area (Å²) in [5.41, 5.74) is 2.73. The molecule has 0 saturated heterocycles. The molecule has 2 heteroatoms. The highest BCUT2D eigenvalue weighted by molar-refractivity contribution is 5.27. The summed E-state index contributed by atoms with van der Waals surface area (Å²) in [6, 6.07) is 9.30. The number of rotatable bonds is 9. The normalized spacial score (nSPS) is 14.5. The quantitative estimate of drug-likeness (QED) is 0.708. The largest absolute Gasteiger partial charge is 0.377 e. The number of ether oxygens (including phenoxy) is 1. The summed E-state index contributed by atoms with van der Waals surface area (Å²) in [6.07, 6.45) is 2.42. The Bertz CT molecular complexity index is 358. The maximum Gasteiger partial charge on any atom is 0.0766 e. The van der Waals surface area contributed by atoms with Crippen LogP contribution in [-0.4, -0.2) is 19.3 Å². The minimum absolute atomic E-state index is 0.247. The van der Waals surface area contributed by atoms with Gasteiger partial charge in [0.1, 0.15) is 0 Å². The average molecular weight is 277 g/mol. The molecule has 0 radical (unpaired) electrons. The van der Waals surface area contributed by atoms with Crippen LogP contribution < -0.4 is 5.32 Å². The molecule has 1 aromatic carbocycles. The van der Waals surface area contributed by atoms with Gasteiger partial charge in [-0.15, -0.1) is 0 Å². The molecule has 2 unspecified atom stereocenters. The zero-order chi connectivity index (χ0) is 15.0. The number of hydrogen-bond donors (Lipinski definition) is 1. The Morgan fingerprint density at radius 3 is 2.05 bits per heavy atom. The molecule has 0 amide bonds. The molecule has 0 spiro atoms. The molecule has 0 aliphatic rings. The molecule has 2 atom stereocenters. The Labute approximate surface area is 124 Å². The molecule has 1 rings (SSSR count). The fraction of sp³-hybridized carbons (Fsp3) is 0.667. The summed E-state index contributed by atoms with van der Waals surface area (Å²) in [6.45, 7) is 12.7. The van der Waals surface area contributed by atoms with Crippen LogP contribution >= 0.6 is 0 Å². The summed E-state index contributed by atoms with van der Waals surface area (Å²) < 4.78 is 5.92. The Morgan fingerprint density at radius 1 is 1.00 bits per heavy atom. The third kappa shape index (κ3) is 4.92. The van der Waals surface area contributed by atoms with Gasteiger partial charge in [0, 0.05) is 6.61 Å². The third-order valence-corrected chi connectivity index (χ3v) is 3.73. The first-order valence-corrected chi connectivity index (χ1v) is 8.08. The summed E-state index contributed by atoms with van der Waals surface area (Å²) >= 11 is 0. The van der Waals surface area contributed by atoms with Crippen LogP contribution in [0, 0.1) is 0 Å². The van der Waals surface area contributed by atoms with Crippen molar-refractivity contribution in [2.45, 2.75) is 65.5 Å². The fourth-order valence-electron chi connectivity index (χ4n) is 2.52. The lowest BCUT2D eigenvalue weighted by molar-refractivity contribution is 0.0314. The SMILES string of the molecule is CCCNC(c1ccc(C(C)C)cc1)C(CC)OCC. The van der Waals surface area contributed by atoms with Gasteiger partial charge in [-0.3, -0.25) is 0 Å². The van der Waals surface area contributed by atoms with Crippen LogP contribution in [0.5, 0.6) is 0 Å². The standard InChI is InChI=1S/C18H31NO/c1-6-13-19-18(17(7-2)20-8-3)16-11-9-15(10-12-16)14(4)5/h9-12,14,17-19H,6-8,13H2,1-5H3. The zero-order valence-corrected chi connectivity index (χ0v) is 13.8. The Hall–Kier alpha value is -0.860. The van der Waals surface area contributed by atoms with Crippen molar-refractivity contribution in [3.63, 3.8) is 0 Å². The molecule has 0 fully saturated rings. The second-order valence-corrected chi connectivity index (χ2v) is 5.66. The Kier molecular flexibility index (Phi) is 7.86. The fourth-order valence-corrected chi connectivity index (χ4v) is 2.52. The van der Waals surface area contributed by atoms with Gasteiger partial charge < -0.3 is 10.1 Å². The van der Waals surface area contributed by atoms with Crippen LogP contribution in [0.15, 0.2) is 24.3 Å². The molecule has 114 valence electrons. The molecule has 1 N–H and O–H groups in total. The number of benzene rings is 1. The van der Waals surface area contributed by atoms with Gasteiger partial charge >= 0.3 is 0 Å². The Morgan fingerprint density at radius 2 is 1.60 bits per heavy atom. The molecular formula is C18H31NO. The van der Waals surface area contributed by atoms with E-state index in [9.17, 15) is 0 Å². The summed E-state index contributed by atoms with van der Waals surface area (Å²) in [5.74, 6) is 0.583. The van der Waals surface area contributed by atoms with Crippen LogP contribution in [0.2, 0.25) is 0 Å². The van der Waals surface area contributed by atoms with E-state index in [0.29, 0.717) is 12.0 Å². The molecule has 0 saturated carbocycles. The minimum Gasteiger partial charge on any atom is -0.377 e. The second kappa shape index (κ2) is 9.15. The van der Waals surface area contributed by atoms with E-state index in [0.717, 1.165) is 26.0 Å². The molecule has 0 aromatic heterocycles. The highest BCUT2D eigenvalue weighted by atomic mass is 16.5. The van der Waals surface area contributed by atoms with Gasteiger partial charge in [0.15, 0.2) is 0 Å². The van der Waals surface area contributed by atoms with Gasteiger partial charge in [0.05, 0.1) is 12.1 Å². The van der Waals surface area contributed by atoms with Crippen LogP contribution in [-0.2, 0) is 4.74 Å². The molecule has 1 aromatic rings. The zero-order valence-electron chi connectivity index (χ0n) is 13.8. The second-order valence-electron chi connectivity index (χ2n) is 5.66. The first-order valence-electron chi connectivity index (χ1n) is 8.08. The lowest BCUT2D eigenvalue weighted by atomic mass is 9.95.